The molecule has 0 radical (unpaired) electrons. The van der Waals surface area contributed by atoms with Crippen LogP contribution in [0, 0.1) is 20.2 Å². The number of nitrogens with zero attached hydrogens (tertiary/aromatic N) is 2. The Hall–Kier alpha value is -2.71. The van der Waals surface area contributed by atoms with Crippen molar-refractivity contribution < 1.29 is 24.5 Å². The van der Waals surface area contributed by atoms with Crippen LogP contribution in [0.3, 0.4) is 0 Å². The molecule has 9 nitrogen and oxygen atoms in total. The largest absolute Gasteiger partial charge is 0.507 e. The van der Waals surface area contributed by atoms with E-state index in [2.05, 4.69) is 4.74 Å². The van der Waals surface area contributed by atoms with Gasteiger partial charge in [-0.1, -0.05) is 0 Å². The lowest BCUT2D eigenvalue weighted by atomic mass is 10.2. The van der Waals surface area contributed by atoms with E-state index in [0.29, 0.717) is 12.1 Å². The Kier molecular flexibility index (Phi) is 3.22. The fraction of sp³-hybridized carbons (Fsp3) is 0.125. The Labute approximate surface area is 93.5 Å². The zero-order valence-corrected chi connectivity index (χ0v) is 8.45. The van der Waals surface area contributed by atoms with Crippen LogP contribution >= 0.6 is 0 Å². The number of phenolic OH excluding ortho intramolecular Hbond substituents is 1. The minimum atomic E-state index is -0.995. The fourth-order valence-corrected chi connectivity index (χ4v) is 1.10. The van der Waals surface area contributed by atoms with Crippen LogP contribution < -0.4 is 4.74 Å². The van der Waals surface area contributed by atoms with Gasteiger partial charge in [0.2, 0.25) is 0 Å². The number of benzene rings is 1. The van der Waals surface area contributed by atoms with Gasteiger partial charge in [0, 0.05) is 6.92 Å². The van der Waals surface area contributed by atoms with E-state index in [4.69, 9.17) is 5.11 Å². The molecule has 0 aliphatic carbocycles. The number of esters is 1. The lowest BCUT2D eigenvalue weighted by Crippen LogP contribution is -2.06. The second-order valence-corrected chi connectivity index (χ2v) is 2.92. The van der Waals surface area contributed by atoms with Gasteiger partial charge in [-0.05, 0) is 0 Å². The van der Waals surface area contributed by atoms with Crippen molar-refractivity contribution in [3.8, 4) is 11.5 Å². The highest BCUT2D eigenvalue weighted by Crippen LogP contribution is 2.40. The number of carbonyl (C=O) groups excluding carboxylic acids is 1. The number of nitro groups is 2. The minimum absolute atomic E-state index is 0.658. The Bertz CT molecular complexity index is 476. The van der Waals surface area contributed by atoms with Gasteiger partial charge >= 0.3 is 17.3 Å². The third kappa shape index (κ3) is 2.65. The predicted molar refractivity (Wildman–Crippen MR) is 52.7 cm³/mol. The van der Waals surface area contributed by atoms with Gasteiger partial charge in [-0.15, -0.1) is 0 Å². The molecule has 1 aromatic rings. The van der Waals surface area contributed by atoms with Crippen LogP contribution in [0.5, 0.6) is 11.5 Å². The van der Waals surface area contributed by atoms with Gasteiger partial charge in [0.25, 0.3) is 5.75 Å². The van der Waals surface area contributed by atoms with Crippen molar-refractivity contribution in [1.82, 2.24) is 0 Å². The van der Waals surface area contributed by atoms with Crippen LogP contribution in [-0.4, -0.2) is 20.9 Å². The normalized spacial score (nSPS) is 9.71. The molecule has 90 valence electrons. The molecule has 0 spiro atoms. The van der Waals surface area contributed by atoms with Crippen LogP contribution in [0.4, 0.5) is 11.4 Å². The van der Waals surface area contributed by atoms with E-state index in [1.54, 1.807) is 0 Å². The molecule has 0 aromatic heterocycles. The molecular formula is C8H6N2O7. The topological polar surface area (TPSA) is 133 Å². The summed E-state index contributed by atoms with van der Waals surface area (Å²) in [6.45, 7) is 0.945. The summed E-state index contributed by atoms with van der Waals surface area (Å²) in [5.74, 6) is -2.41. The molecule has 17 heavy (non-hydrogen) atoms. The smallest absolute Gasteiger partial charge is 0.322 e. The molecule has 0 saturated carbocycles. The average molecular weight is 242 g/mol. The standard InChI is InChI=1S/C8H6N2O7/c1-4(11)17-8-6(9(13)14)2-5(12)3-7(8)10(15)16/h2-3,12H,1H3. The molecule has 0 amide bonds. The summed E-state index contributed by atoms with van der Waals surface area (Å²) in [5, 5.41) is 30.3. The second kappa shape index (κ2) is 4.43. The van der Waals surface area contributed by atoms with Crippen molar-refractivity contribution >= 4 is 17.3 Å². The lowest BCUT2D eigenvalue weighted by molar-refractivity contribution is -0.395. The molecule has 1 aromatic carbocycles. The van der Waals surface area contributed by atoms with E-state index in [9.17, 15) is 25.0 Å². The van der Waals surface area contributed by atoms with Crippen molar-refractivity contribution in [2.24, 2.45) is 0 Å². The highest BCUT2D eigenvalue weighted by Gasteiger charge is 2.29. The molecule has 1 N–H and O–H groups in total. The van der Waals surface area contributed by atoms with E-state index in [0.717, 1.165) is 6.92 Å². The van der Waals surface area contributed by atoms with Crippen molar-refractivity contribution in [1.29, 1.82) is 0 Å². The Balaban J connectivity index is 3.52. The molecule has 0 fully saturated rings. The summed E-state index contributed by atoms with van der Waals surface area (Å²) in [4.78, 5) is 29.9. The summed E-state index contributed by atoms with van der Waals surface area (Å²) in [6, 6.07) is 1.32. The maximum absolute atomic E-state index is 10.7. The summed E-state index contributed by atoms with van der Waals surface area (Å²) in [6.07, 6.45) is 0. The summed E-state index contributed by atoms with van der Waals surface area (Å²) in [5.41, 5.74) is -1.71. The van der Waals surface area contributed by atoms with Crippen molar-refractivity contribution in [3.63, 3.8) is 0 Å². The Morgan fingerprint density at radius 2 is 1.65 bits per heavy atom. The molecule has 0 atom stereocenters. The van der Waals surface area contributed by atoms with E-state index in [-0.39, 0.29) is 0 Å². The first-order valence-electron chi connectivity index (χ1n) is 4.17. The molecule has 9 heteroatoms. The number of aromatic hydroxyl groups is 1. The van der Waals surface area contributed by atoms with Gasteiger partial charge in [-0.25, -0.2) is 0 Å². The highest BCUT2D eigenvalue weighted by molar-refractivity contribution is 5.75. The fourth-order valence-electron chi connectivity index (χ4n) is 1.10. The maximum atomic E-state index is 10.7. The summed E-state index contributed by atoms with van der Waals surface area (Å²) >= 11 is 0. The van der Waals surface area contributed by atoms with Crippen LogP contribution in [0.25, 0.3) is 0 Å². The van der Waals surface area contributed by atoms with Crippen LogP contribution in [-0.2, 0) is 4.79 Å². The molecule has 0 heterocycles. The molecule has 0 unspecified atom stereocenters. The number of hydrogen-bond donors (Lipinski definition) is 1. The number of ether oxygens (including phenoxy) is 1. The maximum Gasteiger partial charge on any atom is 0.322 e. The Morgan fingerprint density at radius 3 is 1.94 bits per heavy atom. The Morgan fingerprint density at radius 1 is 1.24 bits per heavy atom. The number of carbonyl (C=O) groups is 1. The van der Waals surface area contributed by atoms with Crippen LogP contribution in [0.1, 0.15) is 6.92 Å². The summed E-state index contributed by atoms with van der Waals surface area (Å²) < 4.78 is 4.42. The van der Waals surface area contributed by atoms with E-state index in [1.165, 1.54) is 0 Å². The van der Waals surface area contributed by atoms with Crippen molar-refractivity contribution in [3.05, 3.63) is 32.4 Å². The van der Waals surface area contributed by atoms with Gasteiger partial charge in [-0.3, -0.25) is 25.0 Å². The first-order valence-corrected chi connectivity index (χ1v) is 4.17. The SMILES string of the molecule is CC(=O)Oc1c([N+](=O)[O-])cc(O)cc1[N+](=O)[O-]. The van der Waals surface area contributed by atoms with Gasteiger partial charge in [0.15, 0.2) is 0 Å². The highest BCUT2D eigenvalue weighted by atomic mass is 16.6. The van der Waals surface area contributed by atoms with Gasteiger partial charge < -0.3 is 9.84 Å². The van der Waals surface area contributed by atoms with Gasteiger partial charge in [-0.2, -0.15) is 0 Å². The average Bonchev–Trinajstić information content (AvgIpc) is 2.18. The zero-order chi connectivity index (χ0) is 13.2. The van der Waals surface area contributed by atoms with Gasteiger partial charge in [0.1, 0.15) is 5.75 Å². The molecule has 0 bridgehead atoms. The van der Waals surface area contributed by atoms with Gasteiger partial charge in [0.05, 0.1) is 22.0 Å². The quantitative estimate of drug-likeness (QED) is 0.363. The van der Waals surface area contributed by atoms with Crippen LogP contribution in [0.15, 0.2) is 12.1 Å². The molecule has 0 aliphatic rings. The molecular weight excluding hydrogens is 236 g/mol. The third-order valence-corrected chi connectivity index (χ3v) is 1.67. The first-order chi connectivity index (χ1) is 7.82. The zero-order valence-electron chi connectivity index (χ0n) is 8.45. The summed E-state index contributed by atoms with van der Waals surface area (Å²) in [7, 11) is 0. The second-order valence-electron chi connectivity index (χ2n) is 2.92. The first kappa shape index (κ1) is 12.4. The van der Waals surface area contributed by atoms with E-state index >= 15 is 0 Å². The lowest BCUT2D eigenvalue weighted by Gasteiger charge is -2.03. The van der Waals surface area contributed by atoms with E-state index in [1.807, 2.05) is 0 Å². The monoisotopic (exact) mass is 242 g/mol. The van der Waals surface area contributed by atoms with Crippen molar-refractivity contribution in [2.45, 2.75) is 6.92 Å². The molecule has 0 saturated heterocycles. The third-order valence-electron chi connectivity index (χ3n) is 1.67. The number of nitro benzene ring substituents is 2. The molecule has 1 rings (SSSR count). The van der Waals surface area contributed by atoms with Crippen molar-refractivity contribution in [2.75, 3.05) is 0 Å². The molecule has 0 aliphatic heterocycles. The minimum Gasteiger partial charge on any atom is -0.507 e. The van der Waals surface area contributed by atoms with Crippen LogP contribution in [0.2, 0.25) is 0 Å². The number of phenols is 1. The number of hydrogen-bond acceptors (Lipinski definition) is 7. The number of rotatable bonds is 3. The predicted octanol–water partition coefficient (Wildman–Crippen LogP) is 1.13. The van der Waals surface area contributed by atoms with E-state index < -0.39 is 38.7 Å².